The number of benzene rings is 3. The van der Waals surface area contributed by atoms with Crippen molar-refractivity contribution in [3.8, 4) is 5.75 Å². The molecule has 0 saturated heterocycles. The molecule has 3 heteroatoms. The van der Waals surface area contributed by atoms with Gasteiger partial charge >= 0.3 is 5.97 Å². The Bertz CT molecular complexity index is 940. The number of carboxylic acids is 1. The summed E-state index contributed by atoms with van der Waals surface area (Å²) in [7, 11) is 0. The molecule has 0 bridgehead atoms. The highest BCUT2D eigenvalue weighted by molar-refractivity contribution is 5.95. The Morgan fingerprint density at radius 1 is 0.913 bits per heavy atom. The molecule has 0 amide bonds. The topological polar surface area (TPSA) is 46.5 Å². The predicted octanol–water partition coefficient (Wildman–Crippen LogP) is 4.44. The molecular weight excluding hydrogens is 288 g/mol. The van der Waals surface area contributed by atoms with Gasteiger partial charge in [0, 0.05) is 5.56 Å². The second-order valence-corrected chi connectivity index (χ2v) is 5.55. The molecule has 0 radical (unpaired) electrons. The van der Waals surface area contributed by atoms with Gasteiger partial charge in [0.1, 0.15) is 5.75 Å². The van der Waals surface area contributed by atoms with Crippen LogP contribution in [0.15, 0.2) is 72.3 Å². The first-order valence-corrected chi connectivity index (χ1v) is 7.41. The maximum Gasteiger partial charge on any atom is 0.335 e. The van der Waals surface area contributed by atoms with Crippen LogP contribution in [0.5, 0.6) is 5.75 Å². The van der Waals surface area contributed by atoms with Crippen molar-refractivity contribution < 1.29 is 14.6 Å². The predicted molar refractivity (Wildman–Crippen MR) is 89.4 cm³/mol. The minimum absolute atomic E-state index is 0.249. The first kappa shape index (κ1) is 13.6. The quantitative estimate of drug-likeness (QED) is 0.761. The third-order valence-electron chi connectivity index (χ3n) is 4.08. The van der Waals surface area contributed by atoms with E-state index in [1.807, 2.05) is 66.7 Å². The lowest BCUT2D eigenvalue weighted by atomic mass is 9.94. The molecule has 3 nitrogen and oxygen atoms in total. The van der Waals surface area contributed by atoms with Crippen molar-refractivity contribution in [2.45, 2.75) is 6.10 Å². The number of hydrogen-bond donors (Lipinski definition) is 1. The van der Waals surface area contributed by atoms with Crippen LogP contribution in [0.4, 0.5) is 0 Å². The summed E-state index contributed by atoms with van der Waals surface area (Å²) >= 11 is 0. The van der Waals surface area contributed by atoms with Crippen LogP contribution in [0.25, 0.3) is 16.8 Å². The Kier molecular flexibility index (Phi) is 3.12. The Balaban J connectivity index is 1.84. The molecule has 3 aromatic carbocycles. The van der Waals surface area contributed by atoms with Gasteiger partial charge in [0.05, 0.1) is 5.57 Å². The zero-order chi connectivity index (χ0) is 15.8. The van der Waals surface area contributed by atoms with E-state index in [9.17, 15) is 9.90 Å². The molecule has 23 heavy (non-hydrogen) atoms. The summed E-state index contributed by atoms with van der Waals surface area (Å²) in [5, 5.41) is 11.7. The number of carboxylic acid groups (broad SMARTS) is 1. The fraction of sp³-hybridized carbons (Fsp3) is 0.0500. The van der Waals surface area contributed by atoms with E-state index in [0.717, 1.165) is 21.9 Å². The van der Waals surface area contributed by atoms with Crippen molar-refractivity contribution in [3.05, 3.63) is 83.4 Å². The van der Waals surface area contributed by atoms with Crippen molar-refractivity contribution >= 4 is 22.8 Å². The van der Waals surface area contributed by atoms with E-state index in [1.165, 1.54) is 0 Å². The number of hydrogen-bond acceptors (Lipinski definition) is 2. The fourth-order valence-corrected chi connectivity index (χ4v) is 2.93. The molecule has 112 valence electrons. The highest BCUT2D eigenvalue weighted by Crippen LogP contribution is 2.38. The van der Waals surface area contributed by atoms with E-state index in [2.05, 4.69) is 0 Å². The van der Waals surface area contributed by atoms with Gasteiger partial charge in [-0.2, -0.15) is 0 Å². The molecule has 0 saturated carbocycles. The summed E-state index contributed by atoms with van der Waals surface area (Å²) in [5.74, 6) is -0.256. The average Bonchev–Trinajstić information content (AvgIpc) is 2.60. The van der Waals surface area contributed by atoms with Crippen molar-refractivity contribution in [1.82, 2.24) is 0 Å². The zero-order valence-electron chi connectivity index (χ0n) is 12.3. The zero-order valence-corrected chi connectivity index (χ0v) is 12.3. The SMILES string of the molecule is O=C(O)C1=Cc2ccccc2OC1c1ccc2ccccc2c1. The molecular formula is C20H14O3. The van der Waals surface area contributed by atoms with E-state index in [1.54, 1.807) is 6.08 Å². The summed E-state index contributed by atoms with van der Waals surface area (Å²) in [6.45, 7) is 0. The lowest BCUT2D eigenvalue weighted by molar-refractivity contribution is -0.133. The van der Waals surface area contributed by atoms with Gasteiger partial charge in [-0.25, -0.2) is 4.79 Å². The molecule has 0 spiro atoms. The van der Waals surface area contributed by atoms with E-state index >= 15 is 0 Å². The van der Waals surface area contributed by atoms with Gasteiger partial charge in [0.15, 0.2) is 6.10 Å². The molecule has 4 rings (SSSR count). The molecule has 1 aliphatic heterocycles. The molecule has 1 aliphatic rings. The minimum atomic E-state index is -0.960. The first-order valence-electron chi connectivity index (χ1n) is 7.41. The van der Waals surface area contributed by atoms with Gasteiger partial charge in [-0.05, 0) is 34.5 Å². The molecule has 1 unspecified atom stereocenters. The molecule has 1 heterocycles. The van der Waals surface area contributed by atoms with E-state index < -0.39 is 12.1 Å². The van der Waals surface area contributed by atoms with Crippen molar-refractivity contribution in [1.29, 1.82) is 0 Å². The minimum Gasteiger partial charge on any atom is -0.480 e. The number of ether oxygens (including phenoxy) is 1. The normalized spacial score (nSPS) is 16.3. The van der Waals surface area contributed by atoms with Crippen LogP contribution in [0.3, 0.4) is 0 Å². The van der Waals surface area contributed by atoms with Gasteiger partial charge in [-0.3, -0.25) is 0 Å². The monoisotopic (exact) mass is 302 g/mol. The van der Waals surface area contributed by atoms with E-state index in [0.29, 0.717) is 5.75 Å². The number of rotatable bonds is 2. The lowest BCUT2D eigenvalue weighted by Gasteiger charge is -2.25. The highest BCUT2D eigenvalue weighted by Gasteiger charge is 2.28. The Morgan fingerprint density at radius 3 is 2.48 bits per heavy atom. The molecule has 1 atom stereocenters. The number of fused-ring (bicyclic) bond motifs is 2. The summed E-state index contributed by atoms with van der Waals surface area (Å²) in [6.07, 6.45) is 1.09. The van der Waals surface area contributed by atoms with Gasteiger partial charge in [-0.1, -0.05) is 54.6 Å². The van der Waals surface area contributed by atoms with Crippen LogP contribution in [-0.4, -0.2) is 11.1 Å². The van der Waals surface area contributed by atoms with Gasteiger partial charge in [0.2, 0.25) is 0 Å². The van der Waals surface area contributed by atoms with Crippen LogP contribution < -0.4 is 4.74 Å². The molecule has 0 aromatic heterocycles. The summed E-state index contributed by atoms with van der Waals surface area (Å²) in [4.78, 5) is 11.7. The average molecular weight is 302 g/mol. The van der Waals surface area contributed by atoms with Gasteiger partial charge in [0.25, 0.3) is 0 Å². The molecule has 0 fully saturated rings. The molecule has 0 aliphatic carbocycles. The van der Waals surface area contributed by atoms with Crippen LogP contribution in [0.1, 0.15) is 17.2 Å². The molecule has 1 N–H and O–H groups in total. The van der Waals surface area contributed by atoms with Gasteiger partial charge < -0.3 is 9.84 Å². The number of carbonyl (C=O) groups is 1. The van der Waals surface area contributed by atoms with Gasteiger partial charge in [-0.15, -0.1) is 0 Å². The van der Waals surface area contributed by atoms with E-state index in [-0.39, 0.29) is 5.57 Å². The highest BCUT2D eigenvalue weighted by atomic mass is 16.5. The standard InChI is InChI=1S/C20H14O3/c21-20(22)17-12-15-7-3-4-8-18(15)23-19(17)16-10-9-13-5-1-2-6-14(13)11-16/h1-12,19H,(H,21,22). The number of aliphatic carboxylic acids is 1. The Hall–Kier alpha value is -3.07. The lowest BCUT2D eigenvalue weighted by Crippen LogP contribution is -2.20. The van der Waals surface area contributed by atoms with Crippen LogP contribution >= 0.6 is 0 Å². The van der Waals surface area contributed by atoms with Crippen LogP contribution in [-0.2, 0) is 4.79 Å². The van der Waals surface area contributed by atoms with Crippen molar-refractivity contribution in [3.63, 3.8) is 0 Å². The van der Waals surface area contributed by atoms with Crippen molar-refractivity contribution in [2.24, 2.45) is 0 Å². The van der Waals surface area contributed by atoms with Crippen LogP contribution in [0.2, 0.25) is 0 Å². The second-order valence-electron chi connectivity index (χ2n) is 5.55. The second kappa shape index (κ2) is 5.29. The summed E-state index contributed by atoms with van der Waals surface area (Å²) in [6, 6.07) is 21.4. The largest absolute Gasteiger partial charge is 0.480 e. The van der Waals surface area contributed by atoms with E-state index in [4.69, 9.17) is 4.74 Å². The van der Waals surface area contributed by atoms with Crippen LogP contribution in [0, 0.1) is 0 Å². The maximum atomic E-state index is 11.7. The third-order valence-corrected chi connectivity index (χ3v) is 4.08. The van der Waals surface area contributed by atoms with Crippen molar-refractivity contribution in [2.75, 3.05) is 0 Å². The summed E-state index contributed by atoms with van der Waals surface area (Å²) < 4.78 is 5.99. The third kappa shape index (κ3) is 2.36. The maximum absolute atomic E-state index is 11.7. The summed E-state index contributed by atoms with van der Waals surface area (Å²) in [5.41, 5.74) is 1.88. The Morgan fingerprint density at radius 2 is 1.65 bits per heavy atom. The fourth-order valence-electron chi connectivity index (χ4n) is 2.93. The molecule has 3 aromatic rings. The Labute approximate surface area is 133 Å². The first-order chi connectivity index (χ1) is 11.2. The number of para-hydroxylation sites is 1. The smallest absolute Gasteiger partial charge is 0.335 e.